The van der Waals surface area contributed by atoms with Gasteiger partial charge in [0.05, 0.1) is 0 Å². The van der Waals surface area contributed by atoms with Crippen LogP contribution in [0.5, 0.6) is 0 Å². The van der Waals surface area contributed by atoms with Crippen molar-refractivity contribution in [1.82, 2.24) is 4.98 Å². The lowest BCUT2D eigenvalue weighted by Gasteiger charge is -2.18. The number of rotatable bonds is 6. The summed E-state index contributed by atoms with van der Waals surface area (Å²) >= 11 is 4.95. The number of nitrogens with zero attached hydrogens (tertiary/aromatic N) is 2. The Morgan fingerprint density at radius 1 is 1.50 bits per heavy atom. The minimum absolute atomic E-state index is 0.422. The maximum absolute atomic E-state index is 5.59. The van der Waals surface area contributed by atoms with E-state index in [2.05, 4.69) is 16.8 Å². The van der Waals surface area contributed by atoms with Crippen LogP contribution in [0.2, 0.25) is 0 Å². The molecule has 0 spiro atoms. The van der Waals surface area contributed by atoms with Crippen LogP contribution >= 0.6 is 12.2 Å². The standard InChI is InChI=1S/C12H19N3S/c1-3-4-5-8-15(2)11-9-10(12(13)16)6-7-14-11/h6-7,9H,3-5,8H2,1-2H3,(H2,13,16). The molecule has 1 heterocycles. The summed E-state index contributed by atoms with van der Waals surface area (Å²) in [7, 11) is 2.04. The number of nitrogens with two attached hydrogens (primary N) is 1. The van der Waals surface area contributed by atoms with Gasteiger partial charge in [0.15, 0.2) is 0 Å². The molecule has 2 N–H and O–H groups in total. The molecule has 0 radical (unpaired) electrons. The molecule has 0 saturated carbocycles. The first-order valence-corrected chi connectivity index (χ1v) is 6.03. The maximum atomic E-state index is 5.59. The Hall–Kier alpha value is -1.16. The van der Waals surface area contributed by atoms with Crippen molar-refractivity contribution in [2.24, 2.45) is 5.73 Å². The molecule has 3 nitrogen and oxygen atoms in total. The highest BCUT2D eigenvalue weighted by atomic mass is 32.1. The fraction of sp³-hybridized carbons (Fsp3) is 0.500. The van der Waals surface area contributed by atoms with E-state index in [9.17, 15) is 0 Å². The zero-order valence-electron chi connectivity index (χ0n) is 9.94. The average Bonchev–Trinajstić information content (AvgIpc) is 2.29. The van der Waals surface area contributed by atoms with Gasteiger partial charge in [-0.3, -0.25) is 0 Å². The molecule has 1 aromatic rings. The highest BCUT2D eigenvalue weighted by Crippen LogP contribution is 2.12. The van der Waals surface area contributed by atoms with Gasteiger partial charge in [-0.15, -0.1) is 0 Å². The molecule has 0 aliphatic heterocycles. The SMILES string of the molecule is CCCCCN(C)c1cc(C(N)=S)ccn1. The van der Waals surface area contributed by atoms with Crippen molar-refractivity contribution < 1.29 is 0 Å². The second-order valence-electron chi connectivity index (χ2n) is 3.90. The molecule has 0 unspecified atom stereocenters. The van der Waals surface area contributed by atoms with Gasteiger partial charge >= 0.3 is 0 Å². The average molecular weight is 237 g/mol. The quantitative estimate of drug-likeness (QED) is 0.609. The third kappa shape index (κ3) is 3.77. The van der Waals surface area contributed by atoms with Gasteiger partial charge in [0.25, 0.3) is 0 Å². The van der Waals surface area contributed by atoms with E-state index in [4.69, 9.17) is 18.0 Å². The minimum atomic E-state index is 0.422. The molecule has 0 atom stereocenters. The summed E-state index contributed by atoms with van der Waals surface area (Å²) in [5, 5.41) is 0. The Morgan fingerprint density at radius 3 is 2.88 bits per heavy atom. The Bertz CT molecular complexity index is 352. The van der Waals surface area contributed by atoms with E-state index in [1.807, 2.05) is 19.2 Å². The fourth-order valence-electron chi connectivity index (χ4n) is 1.49. The van der Waals surface area contributed by atoms with Crippen LogP contribution in [0.15, 0.2) is 18.3 Å². The van der Waals surface area contributed by atoms with E-state index in [0.29, 0.717) is 4.99 Å². The van der Waals surface area contributed by atoms with E-state index in [1.54, 1.807) is 6.20 Å². The monoisotopic (exact) mass is 237 g/mol. The molecule has 0 bridgehead atoms. The van der Waals surface area contributed by atoms with E-state index < -0.39 is 0 Å². The van der Waals surface area contributed by atoms with E-state index in [1.165, 1.54) is 19.3 Å². The molecule has 1 aromatic heterocycles. The molecule has 88 valence electrons. The Morgan fingerprint density at radius 2 is 2.25 bits per heavy atom. The highest BCUT2D eigenvalue weighted by Gasteiger charge is 2.04. The summed E-state index contributed by atoms with van der Waals surface area (Å²) in [4.78, 5) is 6.87. The molecule has 0 aliphatic rings. The van der Waals surface area contributed by atoms with Crippen molar-refractivity contribution >= 4 is 23.0 Å². The zero-order chi connectivity index (χ0) is 12.0. The molecular formula is C12H19N3S. The lowest BCUT2D eigenvalue weighted by molar-refractivity contribution is 0.701. The first kappa shape index (κ1) is 12.9. The van der Waals surface area contributed by atoms with Gasteiger partial charge in [0.2, 0.25) is 0 Å². The third-order valence-electron chi connectivity index (χ3n) is 2.52. The second-order valence-corrected chi connectivity index (χ2v) is 4.34. The Kier molecular flexibility index (Phi) is 5.19. The van der Waals surface area contributed by atoms with Crippen LogP contribution in [-0.4, -0.2) is 23.6 Å². The lowest BCUT2D eigenvalue weighted by atomic mass is 10.2. The Labute approximate surface area is 103 Å². The number of hydrogen-bond donors (Lipinski definition) is 1. The van der Waals surface area contributed by atoms with Crippen LogP contribution in [0.1, 0.15) is 31.7 Å². The fourth-order valence-corrected chi connectivity index (χ4v) is 1.62. The normalized spacial score (nSPS) is 10.1. The summed E-state index contributed by atoms with van der Waals surface area (Å²) in [6.07, 6.45) is 5.42. The number of thiocarbonyl (C=S) groups is 1. The van der Waals surface area contributed by atoms with Crippen LogP contribution in [0.25, 0.3) is 0 Å². The van der Waals surface area contributed by atoms with Crippen molar-refractivity contribution in [3.8, 4) is 0 Å². The molecular weight excluding hydrogens is 218 g/mol. The predicted octanol–water partition coefficient (Wildman–Crippen LogP) is 2.34. The van der Waals surface area contributed by atoms with Crippen molar-refractivity contribution in [2.45, 2.75) is 26.2 Å². The number of aromatic nitrogens is 1. The van der Waals surface area contributed by atoms with Gasteiger partial charge in [-0.2, -0.15) is 0 Å². The predicted molar refractivity (Wildman–Crippen MR) is 72.9 cm³/mol. The first-order chi connectivity index (χ1) is 7.65. The van der Waals surface area contributed by atoms with E-state index >= 15 is 0 Å². The van der Waals surface area contributed by atoms with E-state index in [0.717, 1.165) is 17.9 Å². The lowest BCUT2D eigenvalue weighted by Crippen LogP contribution is -2.20. The van der Waals surface area contributed by atoms with E-state index in [-0.39, 0.29) is 0 Å². The van der Waals surface area contributed by atoms with Gasteiger partial charge < -0.3 is 10.6 Å². The summed E-state index contributed by atoms with van der Waals surface area (Å²) < 4.78 is 0. The van der Waals surface area contributed by atoms with Gasteiger partial charge in [0.1, 0.15) is 10.8 Å². The Balaban J connectivity index is 2.64. The van der Waals surface area contributed by atoms with Crippen LogP contribution in [-0.2, 0) is 0 Å². The summed E-state index contributed by atoms with van der Waals surface area (Å²) in [6.45, 7) is 3.22. The molecule has 0 aromatic carbocycles. The van der Waals surface area contributed by atoms with Gasteiger partial charge in [-0.05, 0) is 18.6 Å². The van der Waals surface area contributed by atoms with Crippen molar-refractivity contribution in [1.29, 1.82) is 0 Å². The number of unbranched alkanes of at least 4 members (excludes halogenated alkanes) is 2. The van der Waals surface area contributed by atoms with Crippen LogP contribution in [0.3, 0.4) is 0 Å². The first-order valence-electron chi connectivity index (χ1n) is 5.62. The van der Waals surface area contributed by atoms with Gasteiger partial charge in [0, 0.05) is 25.4 Å². The smallest absolute Gasteiger partial charge is 0.128 e. The van der Waals surface area contributed by atoms with Crippen molar-refractivity contribution in [3.05, 3.63) is 23.9 Å². The largest absolute Gasteiger partial charge is 0.389 e. The topological polar surface area (TPSA) is 42.1 Å². The molecule has 0 aliphatic carbocycles. The van der Waals surface area contributed by atoms with Crippen LogP contribution in [0, 0.1) is 0 Å². The second kappa shape index (κ2) is 6.43. The van der Waals surface area contributed by atoms with Gasteiger partial charge in [-0.1, -0.05) is 32.0 Å². The minimum Gasteiger partial charge on any atom is -0.389 e. The van der Waals surface area contributed by atoms with Crippen molar-refractivity contribution in [2.75, 3.05) is 18.5 Å². The zero-order valence-corrected chi connectivity index (χ0v) is 10.8. The number of hydrogen-bond acceptors (Lipinski definition) is 3. The third-order valence-corrected chi connectivity index (χ3v) is 2.75. The molecule has 0 saturated heterocycles. The summed E-state index contributed by atoms with van der Waals surface area (Å²) in [6, 6.07) is 3.78. The van der Waals surface area contributed by atoms with Crippen molar-refractivity contribution in [3.63, 3.8) is 0 Å². The molecule has 0 amide bonds. The molecule has 4 heteroatoms. The molecule has 0 fully saturated rings. The maximum Gasteiger partial charge on any atom is 0.128 e. The molecule has 16 heavy (non-hydrogen) atoms. The van der Waals surface area contributed by atoms with Crippen LogP contribution in [0.4, 0.5) is 5.82 Å². The molecule has 1 rings (SSSR count). The van der Waals surface area contributed by atoms with Crippen LogP contribution < -0.4 is 10.6 Å². The highest BCUT2D eigenvalue weighted by molar-refractivity contribution is 7.80. The van der Waals surface area contributed by atoms with Gasteiger partial charge in [-0.25, -0.2) is 4.98 Å². The summed E-state index contributed by atoms with van der Waals surface area (Å²) in [5.41, 5.74) is 6.47. The number of pyridine rings is 1. The number of anilines is 1. The summed E-state index contributed by atoms with van der Waals surface area (Å²) in [5.74, 6) is 0.932.